The predicted molar refractivity (Wildman–Crippen MR) is 57.5 cm³/mol. The van der Waals surface area contributed by atoms with E-state index in [0.717, 1.165) is 0 Å². The molecule has 0 heterocycles. The third kappa shape index (κ3) is 2.80. The van der Waals surface area contributed by atoms with E-state index in [9.17, 15) is 4.79 Å². The maximum absolute atomic E-state index is 11.0. The van der Waals surface area contributed by atoms with Gasteiger partial charge in [0.15, 0.2) is 0 Å². The standard InChI is InChI=1S/C11H13NO3/c1-11(8-12-2,10(13)14)15-9-6-4-3-5-7-9/h3-7H,2,8H2,1H3,(H,13,14). The molecule has 15 heavy (non-hydrogen) atoms. The van der Waals surface area contributed by atoms with Crippen LogP contribution >= 0.6 is 0 Å². The minimum absolute atomic E-state index is 0.0111. The molecule has 0 fully saturated rings. The van der Waals surface area contributed by atoms with Gasteiger partial charge in [-0.25, -0.2) is 4.79 Å². The molecule has 0 aliphatic heterocycles. The zero-order chi connectivity index (χ0) is 11.3. The number of rotatable bonds is 5. The molecule has 1 aromatic carbocycles. The molecule has 0 aliphatic rings. The summed E-state index contributed by atoms with van der Waals surface area (Å²) in [4.78, 5) is 14.6. The first-order chi connectivity index (χ1) is 7.08. The van der Waals surface area contributed by atoms with Crippen LogP contribution in [-0.2, 0) is 4.79 Å². The highest BCUT2D eigenvalue weighted by molar-refractivity contribution is 5.78. The first kappa shape index (κ1) is 11.2. The fourth-order valence-corrected chi connectivity index (χ4v) is 1.11. The third-order valence-electron chi connectivity index (χ3n) is 1.95. The minimum atomic E-state index is -1.36. The Balaban J connectivity index is 2.84. The Morgan fingerprint density at radius 1 is 1.53 bits per heavy atom. The Morgan fingerprint density at radius 2 is 2.13 bits per heavy atom. The number of carboxylic acid groups (broad SMARTS) is 1. The van der Waals surface area contributed by atoms with Crippen molar-refractivity contribution in [3.05, 3.63) is 30.3 Å². The van der Waals surface area contributed by atoms with Crippen molar-refractivity contribution in [2.75, 3.05) is 6.54 Å². The van der Waals surface area contributed by atoms with Crippen LogP contribution in [0, 0.1) is 0 Å². The summed E-state index contributed by atoms with van der Waals surface area (Å²) in [5.74, 6) is -0.551. The van der Waals surface area contributed by atoms with Gasteiger partial charge in [-0.2, -0.15) is 0 Å². The number of hydrogen-bond acceptors (Lipinski definition) is 3. The summed E-state index contributed by atoms with van der Waals surface area (Å²) in [7, 11) is 0. The molecule has 4 heteroatoms. The normalized spacial score (nSPS) is 13.9. The van der Waals surface area contributed by atoms with Gasteiger partial charge in [0.25, 0.3) is 0 Å². The average Bonchev–Trinajstić information content (AvgIpc) is 2.19. The molecule has 1 aromatic rings. The molecule has 0 amide bonds. The van der Waals surface area contributed by atoms with Crippen molar-refractivity contribution in [1.82, 2.24) is 0 Å². The molecule has 0 saturated heterocycles. The number of aliphatic carboxylic acids is 1. The van der Waals surface area contributed by atoms with Gasteiger partial charge in [-0.15, -0.1) is 0 Å². The fraction of sp³-hybridized carbons (Fsp3) is 0.273. The molecule has 0 bridgehead atoms. The smallest absolute Gasteiger partial charge is 0.349 e. The lowest BCUT2D eigenvalue weighted by atomic mass is 10.1. The van der Waals surface area contributed by atoms with Crippen molar-refractivity contribution in [1.29, 1.82) is 0 Å². The number of nitrogens with zero attached hydrogens (tertiary/aromatic N) is 1. The van der Waals surface area contributed by atoms with Crippen molar-refractivity contribution < 1.29 is 14.6 Å². The molecular formula is C11H13NO3. The maximum Gasteiger partial charge on any atom is 0.349 e. The molecule has 4 nitrogen and oxygen atoms in total. The van der Waals surface area contributed by atoms with E-state index < -0.39 is 11.6 Å². The number of para-hydroxylation sites is 1. The molecule has 1 N–H and O–H groups in total. The summed E-state index contributed by atoms with van der Waals surface area (Å²) in [6, 6.07) is 8.78. The second-order valence-corrected chi connectivity index (χ2v) is 3.33. The largest absolute Gasteiger partial charge is 0.478 e. The Labute approximate surface area is 88.2 Å². The van der Waals surface area contributed by atoms with Crippen LogP contribution in [0.3, 0.4) is 0 Å². The van der Waals surface area contributed by atoms with Gasteiger partial charge in [0, 0.05) is 0 Å². The Kier molecular flexibility index (Phi) is 3.44. The van der Waals surface area contributed by atoms with Crippen molar-refractivity contribution >= 4 is 12.7 Å². The topological polar surface area (TPSA) is 58.9 Å². The summed E-state index contributed by atoms with van der Waals surface area (Å²) < 4.78 is 5.37. The molecule has 1 unspecified atom stereocenters. The van der Waals surface area contributed by atoms with Crippen molar-refractivity contribution in [3.8, 4) is 5.75 Å². The van der Waals surface area contributed by atoms with E-state index in [0.29, 0.717) is 5.75 Å². The number of ether oxygens (including phenoxy) is 1. The second-order valence-electron chi connectivity index (χ2n) is 3.33. The number of carboxylic acids is 1. The Hall–Kier alpha value is -1.84. The van der Waals surface area contributed by atoms with E-state index in [1.165, 1.54) is 6.92 Å². The summed E-state index contributed by atoms with van der Waals surface area (Å²) in [5.41, 5.74) is -1.36. The van der Waals surface area contributed by atoms with Gasteiger partial charge < -0.3 is 9.84 Å². The van der Waals surface area contributed by atoms with Crippen LogP contribution < -0.4 is 4.74 Å². The molecule has 0 radical (unpaired) electrons. The molecule has 1 atom stereocenters. The van der Waals surface area contributed by atoms with E-state index in [2.05, 4.69) is 11.7 Å². The average molecular weight is 207 g/mol. The van der Waals surface area contributed by atoms with E-state index in [1.54, 1.807) is 24.3 Å². The van der Waals surface area contributed by atoms with Crippen LogP contribution in [0.15, 0.2) is 35.3 Å². The van der Waals surface area contributed by atoms with E-state index >= 15 is 0 Å². The van der Waals surface area contributed by atoms with Gasteiger partial charge in [-0.3, -0.25) is 4.99 Å². The lowest BCUT2D eigenvalue weighted by Gasteiger charge is -2.24. The maximum atomic E-state index is 11.0. The molecular weight excluding hydrogens is 194 g/mol. The van der Waals surface area contributed by atoms with E-state index in [4.69, 9.17) is 9.84 Å². The van der Waals surface area contributed by atoms with Crippen molar-refractivity contribution in [2.24, 2.45) is 4.99 Å². The second kappa shape index (κ2) is 4.59. The van der Waals surface area contributed by atoms with Crippen LogP contribution in [0.4, 0.5) is 0 Å². The molecule has 1 rings (SSSR count). The molecule has 0 aliphatic carbocycles. The van der Waals surface area contributed by atoms with Gasteiger partial charge in [0.1, 0.15) is 5.75 Å². The van der Waals surface area contributed by atoms with Crippen LogP contribution in [0.25, 0.3) is 0 Å². The van der Waals surface area contributed by atoms with Crippen molar-refractivity contribution in [2.45, 2.75) is 12.5 Å². The van der Waals surface area contributed by atoms with E-state index in [1.807, 2.05) is 6.07 Å². The van der Waals surface area contributed by atoms with Gasteiger partial charge >= 0.3 is 5.97 Å². The summed E-state index contributed by atoms with van der Waals surface area (Å²) in [6.07, 6.45) is 0. The highest BCUT2D eigenvalue weighted by Crippen LogP contribution is 2.18. The first-order valence-electron chi connectivity index (χ1n) is 4.48. The fourth-order valence-electron chi connectivity index (χ4n) is 1.11. The number of carbonyl (C=O) groups is 1. The Bertz CT molecular complexity index is 350. The Morgan fingerprint density at radius 3 is 2.60 bits per heavy atom. The number of hydrogen-bond donors (Lipinski definition) is 1. The number of aliphatic imine (C=N–C) groups is 1. The first-order valence-corrected chi connectivity index (χ1v) is 4.48. The van der Waals surface area contributed by atoms with Crippen LogP contribution in [0.1, 0.15) is 6.92 Å². The van der Waals surface area contributed by atoms with Crippen LogP contribution in [0.5, 0.6) is 5.75 Å². The molecule has 0 aromatic heterocycles. The zero-order valence-electron chi connectivity index (χ0n) is 8.51. The molecule has 0 spiro atoms. The molecule has 80 valence electrons. The summed E-state index contributed by atoms with van der Waals surface area (Å²) in [5, 5.41) is 9.01. The predicted octanol–water partition coefficient (Wildman–Crippen LogP) is 1.61. The minimum Gasteiger partial charge on any atom is -0.478 e. The van der Waals surface area contributed by atoms with Gasteiger partial charge in [0.05, 0.1) is 6.54 Å². The number of benzene rings is 1. The third-order valence-corrected chi connectivity index (χ3v) is 1.95. The highest BCUT2D eigenvalue weighted by Gasteiger charge is 2.35. The lowest BCUT2D eigenvalue weighted by Crippen LogP contribution is -2.44. The lowest BCUT2D eigenvalue weighted by molar-refractivity contribution is -0.152. The van der Waals surface area contributed by atoms with Gasteiger partial charge in [0.2, 0.25) is 5.60 Å². The van der Waals surface area contributed by atoms with Gasteiger partial charge in [-0.1, -0.05) is 18.2 Å². The van der Waals surface area contributed by atoms with Crippen LogP contribution in [-0.4, -0.2) is 29.9 Å². The quantitative estimate of drug-likeness (QED) is 0.746. The molecule has 0 saturated carbocycles. The monoisotopic (exact) mass is 207 g/mol. The van der Waals surface area contributed by atoms with Crippen LogP contribution in [0.2, 0.25) is 0 Å². The zero-order valence-corrected chi connectivity index (χ0v) is 8.51. The highest BCUT2D eigenvalue weighted by atomic mass is 16.5. The van der Waals surface area contributed by atoms with Crippen molar-refractivity contribution in [3.63, 3.8) is 0 Å². The van der Waals surface area contributed by atoms with E-state index in [-0.39, 0.29) is 6.54 Å². The SMILES string of the molecule is C=NCC(C)(Oc1ccccc1)C(=O)O. The van der Waals surface area contributed by atoms with Gasteiger partial charge in [-0.05, 0) is 25.8 Å². The summed E-state index contributed by atoms with van der Waals surface area (Å²) in [6.45, 7) is 4.76. The summed E-state index contributed by atoms with van der Waals surface area (Å²) >= 11 is 0.